The molecule has 0 fully saturated rings. The van der Waals surface area contributed by atoms with Gasteiger partial charge in [-0.15, -0.1) is 35.3 Å². The van der Waals surface area contributed by atoms with Crippen molar-refractivity contribution >= 4 is 41.3 Å². The van der Waals surface area contributed by atoms with E-state index in [4.69, 9.17) is 9.73 Å². The first kappa shape index (κ1) is 24.0. The number of hydrogen-bond donors (Lipinski definition) is 2. The number of aryl methyl sites for hydroxylation is 1. The summed E-state index contributed by atoms with van der Waals surface area (Å²) in [6, 6.07) is 0.278. The van der Waals surface area contributed by atoms with Crippen LogP contribution in [0.3, 0.4) is 0 Å². The lowest BCUT2D eigenvalue weighted by atomic mass is 10.1. The van der Waals surface area contributed by atoms with Crippen molar-refractivity contribution in [3.05, 3.63) is 27.7 Å². The average molecular weight is 533 g/mol. The molecule has 0 aromatic carbocycles. The molecule has 0 spiro atoms. The van der Waals surface area contributed by atoms with Gasteiger partial charge in [0, 0.05) is 43.6 Å². The molecule has 10 heteroatoms. The highest BCUT2D eigenvalue weighted by Gasteiger charge is 2.22. The normalized spacial score (nSPS) is 16.4. The van der Waals surface area contributed by atoms with Crippen LogP contribution in [0.2, 0.25) is 0 Å². The monoisotopic (exact) mass is 533 g/mol. The predicted molar refractivity (Wildman–Crippen MR) is 127 cm³/mol. The molecule has 1 atom stereocenters. The van der Waals surface area contributed by atoms with Crippen LogP contribution in [-0.4, -0.2) is 45.4 Å². The smallest absolute Gasteiger partial charge is 0.191 e. The van der Waals surface area contributed by atoms with Crippen LogP contribution in [-0.2, 0) is 37.3 Å². The highest BCUT2D eigenvalue weighted by Crippen LogP contribution is 2.17. The second-order valence-electron chi connectivity index (χ2n) is 7.45. The van der Waals surface area contributed by atoms with Gasteiger partial charge in [0.15, 0.2) is 11.8 Å². The van der Waals surface area contributed by atoms with Gasteiger partial charge in [0.25, 0.3) is 0 Å². The fourth-order valence-electron chi connectivity index (χ4n) is 3.20. The topological polar surface area (TPSA) is 89.2 Å². The zero-order valence-electron chi connectivity index (χ0n) is 17.6. The molecule has 3 rings (SSSR count). The summed E-state index contributed by atoms with van der Waals surface area (Å²) in [5, 5.41) is 12.6. The quantitative estimate of drug-likeness (QED) is 0.308. The summed E-state index contributed by atoms with van der Waals surface area (Å²) in [6.45, 7) is 9.23. The molecular weight excluding hydrogens is 501 g/mol. The summed E-state index contributed by atoms with van der Waals surface area (Å²) in [6.07, 6.45) is 4.89. The number of aromatic nitrogens is 4. The van der Waals surface area contributed by atoms with Gasteiger partial charge in [0.05, 0.1) is 18.1 Å². The molecule has 1 aliphatic rings. The molecule has 2 aromatic rings. The number of ether oxygens (including phenoxy) is 1. The largest absolute Gasteiger partial charge is 0.377 e. The fourth-order valence-corrected chi connectivity index (χ4v) is 4.26. The van der Waals surface area contributed by atoms with Gasteiger partial charge in [-0.1, -0.05) is 13.8 Å². The minimum Gasteiger partial charge on any atom is -0.377 e. The maximum atomic E-state index is 5.14. The van der Waals surface area contributed by atoms with Crippen molar-refractivity contribution < 1.29 is 4.74 Å². The highest BCUT2D eigenvalue weighted by atomic mass is 127. The summed E-state index contributed by atoms with van der Waals surface area (Å²) < 4.78 is 7.13. The lowest BCUT2D eigenvalue weighted by molar-refractivity contribution is 0.177. The maximum Gasteiger partial charge on any atom is 0.191 e. The van der Waals surface area contributed by atoms with Gasteiger partial charge < -0.3 is 15.4 Å². The van der Waals surface area contributed by atoms with Crippen LogP contribution in [0.1, 0.15) is 48.7 Å². The van der Waals surface area contributed by atoms with E-state index in [9.17, 15) is 0 Å². The van der Waals surface area contributed by atoms with Crippen LogP contribution in [0.4, 0.5) is 0 Å². The number of hydrogen-bond acceptors (Lipinski definition) is 6. The van der Waals surface area contributed by atoms with Crippen LogP contribution in [0.5, 0.6) is 0 Å². The number of guanidine groups is 1. The molecule has 8 nitrogen and oxygen atoms in total. The molecule has 0 amide bonds. The van der Waals surface area contributed by atoms with Gasteiger partial charge in [-0.2, -0.15) is 5.10 Å². The van der Waals surface area contributed by atoms with Crippen molar-refractivity contribution in [1.29, 1.82) is 0 Å². The summed E-state index contributed by atoms with van der Waals surface area (Å²) >= 11 is 1.76. The lowest BCUT2D eigenvalue weighted by Gasteiger charge is -2.25. The lowest BCUT2D eigenvalue weighted by Crippen LogP contribution is -2.47. The van der Waals surface area contributed by atoms with Gasteiger partial charge in [-0.3, -0.25) is 0 Å². The van der Waals surface area contributed by atoms with E-state index in [0.29, 0.717) is 19.1 Å². The number of aliphatic imine (C=N–C) groups is 1. The Kier molecular flexibility index (Phi) is 9.76. The minimum absolute atomic E-state index is 0. The molecule has 0 saturated carbocycles. The minimum atomic E-state index is 0. The van der Waals surface area contributed by atoms with Gasteiger partial charge in [-0.05, 0) is 19.3 Å². The van der Waals surface area contributed by atoms with Crippen LogP contribution >= 0.6 is 35.3 Å². The Labute approximate surface area is 194 Å². The van der Waals surface area contributed by atoms with Crippen LogP contribution in [0, 0.1) is 5.92 Å². The molecule has 0 aliphatic carbocycles. The molecule has 0 bridgehead atoms. The van der Waals surface area contributed by atoms with Crippen molar-refractivity contribution in [2.24, 2.45) is 10.9 Å². The average Bonchev–Trinajstić information content (AvgIpc) is 3.25. The number of thiazole rings is 1. The second kappa shape index (κ2) is 11.8. The SMILES string of the molecule is CCNC(=NCc1cnc(CC(C)C)s1)NC1CCc2nc(COC)nn2C1.I. The van der Waals surface area contributed by atoms with E-state index in [0.717, 1.165) is 50.0 Å². The number of methoxy groups -OCH3 is 1. The van der Waals surface area contributed by atoms with E-state index < -0.39 is 0 Å². The van der Waals surface area contributed by atoms with E-state index in [2.05, 4.69) is 46.5 Å². The van der Waals surface area contributed by atoms with E-state index in [-0.39, 0.29) is 30.0 Å². The molecular formula is C19H32IN7OS. The maximum absolute atomic E-state index is 5.14. The third-order valence-electron chi connectivity index (χ3n) is 4.44. The number of nitrogens with zero attached hydrogens (tertiary/aromatic N) is 5. The first-order chi connectivity index (χ1) is 13.6. The molecule has 0 saturated heterocycles. The van der Waals surface area contributed by atoms with E-state index in [1.165, 1.54) is 9.88 Å². The Balaban J connectivity index is 0.00000300. The Morgan fingerprint density at radius 3 is 3.00 bits per heavy atom. The van der Waals surface area contributed by atoms with Crippen molar-refractivity contribution in [2.45, 2.75) is 65.8 Å². The van der Waals surface area contributed by atoms with Crippen molar-refractivity contribution in [1.82, 2.24) is 30.4 Å². The third-order valence-corrected chi connectivity index (χ3v) is 5.44. The number of halogens is 1. The van der Waals surface area contributed by atoms with Crippen LogP contribution < -0.4 is 10.6 Å². The molecule has 1 aliphatic heterocycles. The Morgan fingerprint density at radius 2 is 2.28 bits per heavy atom. The number of nitrogens with one attached hydrogen (secondary N) is 2. The number of fused-ring (bicyclic) bond motifs is 1. The molecule has 0 radical (unpaired) electrons. The van der Waals surface area contributed by atoms with Crippen LogP contribution in [0.25, 0.3) is 0 Å². The molecule has 3 heterocycles. The summed E-state index contributed by atoms with van der Waals surface area (Å²) in [7, 11) is 1.67. The molecule has 2 aromatic heterocycles. The second-order valence-corrected chi connectivity index (χ2v) is 8.65. The standard InChI is InChI=1S/C19H31N7OS.HI/c1-5-20-19(22-10-15-9-21-18(28-15)8-13(2)3)23-14-6-7-17-24-16(12-27-4)25-26(17)11-14;/h9,13-14H,5-8,10-12H2,1-4H3,(H2,20,22,23);1H. The van der Waals surface area contributed by atoms with Crippen LogP contribution in [0.15, 0.2) is 11.2 Å². The first-order valence-corrected chi connectivity index (χ1v) is 10.8. The van der Waals surface area contributed by atoms with Crippen molar-refractivity contribution in [2.75, 3.05) is 13.7 Å². The van der Waals surface area contributed by atoms with Gasteiger partial charge >= 0.3 is 0 Å². The van der Waals surface area contributed by atoms with E-state index in [1.54, 1.807) is 18.4 Å². The highest BCUT2D eigenvalue weighted by molar-refractivity contribution is 14.0. The van der Waals surface area contributed by atoms with Gasteiger partial charge in [0.2, 0.25) is 0 Å². The number of rotatable bonds is 8. The molecule has 1 unspecified atom stereocenters. The van der Waals surface area contributed by atoms with Crippen molar-refractivity contribution in [3.63, 3.8) is 0 Å². The third kappa shape index (κ3) is 7.18. The predicted octanol–water partition coefficient (Wildman–Crippen LogP) is 2.77. The first-order valence-electron chi connectivity index (χ1n) is 9.97. The van der Waals surface area contributed by atoms with Gasteiger partial charge in [0.1, 0.15) is 12.4 Å². The molecule has 162 valence electrons. The Hall–Kier alpha value is -1.27. The summed E-state index contributed by atoms with van der Waals surface area (Å²) in [5.41, 5.74) is 0. The van der Waals surface area contributed by atoms with Crippen molar-refractivity contribution in [3.8, 4) is 0 Å². The Morgan fingerprint density at radius 1 is 1.45 bits per heavy atom. The Bertz CT molecular complexity index is 789. The zero-order valence-corrected chi connectivity index (χ0v) is 20.8. The summed E-state index contributed by atoms with van der Waals surface area (Å²) in [5.74, 6) is 3.25. The molecule has 29 heavy (non-hydrogen) atoms. The van der Waals surface area contributed by atoms with E-state index >= 15 is 0 Å². The summed E-state index contributed by atoms with van der Waals surface area (Å²) in [4.78, 5) is 15.0. The zero-order chi connectivity index (χ0) is 19.9. The van der Waals surface area contributed by atoms with Gasteiger partial charge in [-0.25, -0.2) is 19.6 Å². The molecule has 2 N–H and O–H groups in total. The fraction of sp³-hybridized carbons (Fsp3) is 0.684. The van der Waals surface area contributed by atoms with E-state index in [1.807, 2.05) is 10.9 Å².